The van der Waals surface area contributed by atoms with Crippen LogP contribution in [0, 0.1) is 6.92 Å². The number of carbonyl (C=O) groups excluding carboxylic acids is 2. The van der Waals surface area contributed by atoms with E-state index < -0.39 is 55.6 Å². The number of nitrogens with zero attached hydrogens (tertiary/aromatic N) is 2. The summed E-state index contributed by atoms with van der Waals surface area (Å²) in [6.45, 7) is 1.34. The van der Waals surface area contributed by atoms with E-state index in [1.807, 2.05) is 0 Å². The van der Waals surface area contributed by atoms with E-state index in [0.29, 0.717) is 47.1 Å². The molecule has 1 aliphatic carbocycles. The van der Waals surface area contributed by atoms with Gasteiger partial charge in [-0.3, -0.25) is 44.1 Å². The highest BCUT2D eigenvalue weighted by molar-refractivity contribution is 7.99. The predicted molar refractivity (Wildman–Crippen MR) is 249 cm³/mol. The van der Waals surface area contributed by atoms with Crippen LogP contribution in [0.25, 0.3) is 33.4 Å². The van der Waals surface area contributed by atoms with Crippen molar-refractivity contribution in [3.8, 4) is 40.0 Å². The van der Waals surface area contributed by atoms with Gasteiger partial charge in [0.1, 0.15) is 42.6 Å². The number of benzene rings is 3. The standard InChI is InChI=1S/C45H48N5O17PS/c1-24-22-50(45(61)46-41(24)56)39-20-32(53)35(67-39)23-65-68(62,63-2)64-15-16-69-36-21-38(55)49(43(36)58)14-6-4-3-5-7-37(54)47-48-42(57)25-8-11-28(44(59)60)31(17-25)40-29-12-9-26(51)18-33(29)66-34-19-27(52)10-13-30(34)40/h8-13,17-19,21-22,32,35,39,53,62H,3-7,14-16,20,23H2,1-2H3,(H6-,46,47,48,51,52,54,55,56,57,58,59,60,61)/p+1/t32?,35-,39-,68?/m1/s1. The molecule has 22 nitrogen and oxygen atoms in total. The van der Waals surface area contributed by atoms with E-state index in [4.69, 9.17) is 22.7 Å². The number of aryl methyl sites for hydroxylation is 1. The monoisotopic (exact) mass is 994 g/mol. The van der Waals surface area contributed by atoms with Gasteiger partial charge in [0, 0.05) is 77.2 Å². The van der Waals surface area contributed by atoms with E-state index in [1.165, 1.54) is 85.5 Å². The molecule has 69 heavy (non-hydrogen) atoms. The van der Waals surface area contributed by atoms with Crippen LogP contribution in [0.3, 0.4) is 0 Å². The lowest BCUT2D eigenvalue weighted by Gasteiger charge is -2.18. The first-order chi connectivity index (χ1) is 32.9. The number of ether oxygens (including phenoxy) is 1. The highest BCUT2D eigenvalue weighted by Gasteiger charge is 2.46. The molecule has 7 rings (SSSR count). The molecule has 4 atom stereocenters. The molecule has 366 valence electrons. The zero-order chi connectivity index (χ0) is 49.6. The summed E-state index contributed by atoms with van der Waals surface area (Å²) >= 11 is 1.14. The first kappa shape index (κ1) is 50.3. The summed E-state index contributed by atoms with van der Waals surface area (Å²) in [7, 11) is -2.70. The van der Waals surface area contributed by atoms with Crippen molar-refractivity contribution < 1.29 is 67.5 Å². The van der Waals surface area contributed by atoms with Gasteiger partial charge in [-0.05, 0) is 67.8 Å². The Kier molecular flexibility index (Phi) is 15.9. The van der Waals surface area contributed by atoms with E-state index in [1.54, 1.807) is 0 Å². The van der Waals surface area contributed by atoms with E-state index in [-0.39, 0.29) is 94.9 Å². The highest BCUT2D eigenvalue weighted by atomic mass is 32.2. The molecule has 4 aromatic rings. The summed E-state index contributed by atoms with van der Waals surface area (Å²) in [5.41, 5.74) is 4.35. The maximum atomic E-state index is 13.2. The number of carboxylic acid groups (broad SMARTS) is 1. The molecule has 1 saturated heterocycles. The number of aliphatic hydroxyl groups excluding tert-OH is 1. The van der Waals surface area contributed by atoms with Crippen molar-refractivity contribution in [1.82, 2.24) is 25.0 Å². The Bertz CT molecular complexity index is 3030. The number of aliphatic hydroxyl groups is 1. The second-order valence-electron chi connectivity index (χ2n) is 15.9. The number of aromatic carboxylic acids is 1. The fraction of sp³-hybridized carbons (Fsp3) is 0.333. The molecule has 2 aromatic carbocycles. The van der Waals surface area contributed by atoms with Gasteiger partial charge >= 0.3 is 19.8 Å². The third-order valence-electron chi connectivity index (χ3n) is 11.2. The minimum atomic E-state index is -3.88. The summed E-state index contributed by atoms with van der Waals surface area (Å²) in [6.07, 6.45) is 0.736. The number of carboxylic acids is 1. The number of phenolic OH excluding ortho intramolecular Hbond substituents is 1. The summed E-state index contributed by atoms with van der Waals surface area (Å²) in [5, 5.41) is 52.5. The number of H-pyrrole nitrogens is 1. The number of hydrogen-bond donors (Lipinski definition) is 9. The molecule has 9 N–H and O–H groups in total. The summed E-state index contributed by atoms with van der Waals surface area (Å²) in [6, 6.07) is 13.6. The Morgan fingerprint density at radius 2 is 1.72 bits per heavy atom. The van der Waals surface area contributed by atoms with Crippen molar-refractivity contribution >= 4 is 48.7 Å². The number of thioether (sulfide) groups is 1. The Morgan fingerprint density at radius 1 is 0.942 bits per heavy atom. The predicted octanol–water partition coefficient (Wildman–Crippen LogP) is 4.54. The molecular weight excluding hydrogens is 946 g/mol. The van der Waals surface area contributed by atoms with Gasteiger partial charge in [0.25, 0.3) is 11.5 Å². The van der Waals surface area contributed by atoms with Crippen molar-refractivity contribution in [2.75, 3.05) is 26.1 Å². The average molecular weight is 995 g/mol. The molecule has 0 saturated carbocycles. The van der Waals surface area contributed by atoms with Crippen molar-refractivity contribution in [3.05, 3.63) is 115 Å². The van der Waals surface area contributed by atoms with Crippen molar-refractivity contribution in [3.63, 3.8) is 0 Å². The molecule has 0 radical (unpaired) electrons. The van der Waals surface area contributed by atoms with E-state index in [9.17, 15) is 59.2 Å². The van der Waals surface area contributed by atoms with Gasteiger partial charge in [-0.25, -0.2) is 9.59 Å². The van der Waals surface area contributed by atoms with Gasteiger partial charge in [-0.2, -0.15) is 18.5 Å². The minimum absolute atomic E-state index is 0.0210. The Hall–Kier alpha value is -6.56. The largest absolute Gasteiger partial charge is 0.572 e. The van der Waals surface area contributed by atoms with Crippen LogP contribution >= 0.6 is 19.9 Å². The number of hydrazine groups is 1. The number of unbranched alkanes of at least 4 members (excludes halogenated alkanes) is 3. The molecule has 1 fully saturated rings. The summed E-state index contributed by atoms with van der Waals surface area (Å²) in [4.78, 5) is 87.8. The smallest absolute Gasteiger partial charge is 0.508 e. The molecule has 2 unspecified atom stereocenters. The van der Waals surface area contributed by atoms with Crippen LogP contribution in [0.4, 0.5) is 0 Å². The van der Waals surface area contributed by atoms with Crippen LogP contribution < -0.4 is 27.5 Å². The molecule has 0 bridgehead atoms. The van der Waals surface area contributed by atoms with Gasteiger partial charge in [0.15, 0.2) is 11.3 Å². The van der Waals surface area contributed by atoms with Crippen molar-refractivity contribution in [1.29, 1.82) is 0 Å². The molecule has 4 heterocycles. The van der Waals surface area contributed by atoms with E-state index in [0.717, 1.165) is 16.3 Å². The summed E-state index contributed by atoms with van der Waals surface area (Å²) in [5.74, 6) is -2.61. The van der Waals surface area contributed by atoms with E-state index in [2.05, 4.69) is 15.8 Å². The number of aromatic nitrogens is 3. The molecule has 24 heteroatoms. The van der Waals surface area contributed by atoms with Crippen LogP contribution in [0.2, 0.25) is 0 Å². The van der Waals surface area contributed by atoms with Crippen molar-refractivity contribution in [2.45, 2.75) is 75.3 Å². The molecule has 2 aromatic heterocycles. The van der Waals surface area contributed by atoms with Gasteiger partial charge in [-0.1, -0.05) is 12.8 Å². The van der Waals surface area contributed by atoms with Crippen LogP contribution in [0.15, 0.2) is 90.6 Å². The number of hydrogen-bond acceptors (Lipinski definition) is 17. The number of carbonyl (C=O) groups is 3. The number of nitrogens with one attached hydrogen (secondary N) is 3. The Balaban J connectivity index is 0.832. The fourth-order valence-electron chi connectivity index (χ4n) is 7.68. The second kappa shape index (κ2) is 21.8. The SMILES string of the molecule is CO[P+](O)(OCCSc1cc(O)n(CCCCCCC(=O)NNC(=O)c2ccc(C(=O)O)c(-c3c4ccc(=O)cc-4oc4cc(O)ccc34)c2)c1O)OC[C@H]1O[C@@H](n2cc(C)c(=O)[nH]c2=O)CC1O. The maximum absolute atomic E-state index is 13.2. The number of fused-ring (bicyclic) bond motifs is 2. The van der Waals surface area contributed by atoms with Gasteiger partial charge in [-0.15, -0.1) is 11.8 Å². The van der Waals surface area contributed by atoms with Gasteiger partial charge in [0.2, 0.25) is 11.8 Å². The zero-order valence-electron chi connectivity index (χ0n) is 37.1. The molecule has 2 amide bonds. The van der Waals surface area contributed by atoms with Crippen LogP contribution in [-0.4, -0.2) is 101 Å². The molecule has 3 aliphatic rings. The molecular formula is C45H49N5O17PS+. The van der Waals surface area contributed by atoms with Crippen molar-refractivity contribution in [2.24, 2.45) is 0 Å². The van der Waals surface area contributed by atoms with Gasteiger partial charge < -0.3 is 34.7 Å². The zero-order valence-corrected chi connectivity index (χ0v) is 38.8. The van der Waals surface area contributed by atoms with Gasteiger partial charge in [0.05, 0.1) is 23.7 Å². The van der Waals surface area contributed by atoms with Crippen LogP contribution in [0.1, 0.15) is 71.0 Å². The number of aromatic amines is 1. The normalized spacial score (nSPS) is 16.7. The van der Waals surface area contributed by atoms with Crippen LogP contribution in [-0.2, 0) is 29.6 Å². The summed E-state index contributed by atoms with van der Waals surface area (Å²) < 4.78 is 30.2. The number of aromatic hydroxyl groups is 3. The quantitative estimate of drug-likeness (QED) is 0.0167. The molecule has 0 spiro atoms. The number of rotatable bonds is 20. The second-order valence-corrected chi connectivity index (χ2v) is 18.9. The molecule has 2 aliphatic heterocycles. The van der Waals surface area contributed by atoms with Crippen LogP contribution in [0.5, 0.6) is 17.5 Å². The topological polar surface area (TPSA) is 324 Å². The Morgan fingerprint density at radius 3 is 2.49 bits per heavy atom. The lowest BCUT2D eigenvalue weighted by molar-refractivity contribution is -0.122. The third kappa shape index (κ3) is 11.8. The third-order valence-corrected chi connectivity index (χ3v) is 13.6. The minimum Gasteiger partial charge on any atom is -0.508 e. The fourth-order valence-corrected chi connectivity index (χ4v) is 9.56. The lowest BCUT2D eigenvalue weighted by Crippen LogP contribution is -2.41. The first-order valence-corrected chi connectivity index (χ1v) is 24.0. The van der Waals surface area contributed by atoms with E-state index >= 15 is 0 Å². The average Bonchev–Trinajstić information content (AvgIpc) is 3.82. The highest BCUT2D eigenvalue weighted by Crippen LogP contribution is 2.58. The lowest BCUT2D eigenvalue weighted by atomic mass is 9.89. The maximum Gasteiger partial charge on any atom is 0.572 e. The Labute approximate surface area is 396 Å². The number of amides is 2. The first-order valence-electron chi connectivity index (χ1n) is 21.5. The number of phenols is 1.